The maximum absolute atomic E-state index is 15.5. The van der Waals surface area contributed by atoms with E-state index in [1.165, 1.54) is 6.07 Å². The van der Waals surface area contributed by atoms with Crippen LogP contribution in [0.5, 0.6) is 0 Å². The number of pyridine rings is 1. The van der Waals surface area contributed by atoms with E-state index in [0.717, 1.165) is 28.1 Å². The van der Waals surface area contributed by atoms with E-state index in [4.69, 9.17) is 20.1 Å². The number of hydrogen-bond donors (Lipinski definition) is 0. The first kappa shape index (κ1) is 26.1. The Bertz CT molecular complexity index is 1890. The lowest BCUT2D eigenvalue weighted by atomic mass is 9.41. The Balaban J connectivity index is 1.56. The molecule has 0 spiro atoms. The predicted molar refractivity (Wildman–Crippen MR) is 160 cm³/mol. The van der Waals surface area contributed by atoms with Crippen LogP contribution in [0.1, 0.15) is 26.3 Å². The molecular weight excluding hydrogens is 498 g/mol. The van der Waals surface area contributed by atoms with Crippen molar-refractivity contribution in [3.63, 3.8) is 0 Å². The van der Waals surface area contributed by atoms with Crippen LogP contribution in [0.15, 0.2) is 102 Å². The van der Waals surface area contributed by atoms with E-state index in [1.807, 2.05) is 93.6 Å². The first-order chi connectivity index (χ1) is 19.1. The molecule has 6 rings (SSSR count). The molecule has 2 nitrogen and oxygen atoms in total. The minimum absolute atomic E-state index is 0.155. The Morgan fingerprint density at radius 1 is 0.675 bits per heavy atom. The first-order valence-electron chi connectivity index (χ1n) is 13.1. The zero-order valence-electron chi connectivity index (χ0n) is 22.5. The zero-order valence-corrected chi connectivity index (χ0v) is 22.5. The van der Waals surface area contributed by atoms with Crippen molar-refractivity contribution < 1.29 is 13.2 Å². The van der Waals surface area contributed by atoms with E-state index in [9.17, 15) is 4.39 Å². The third-order valence-electron chi connectivity index (χ3n) is 7.69. The lowest BCUT2D eigenvalue weighted by Gasteiger charge is -2.41. The van der Waals surface area contributed by atoms with E-state index < -0.39 is 16.4 Å². The molecule has 0 saturated carbocycles. The van der Waals surface area contributed by atoms with Gasteiger partial charge in [-0.3, -0.25) is 4.98 Å². The molecule has 4 aromatic carbocycles. The van der Waals surface area contributed by atoms with Crippen molar-refractivity contribution in [1.29, 1.82) is 0 Å². The molecule has 0 bridgehead atoms. The third kappa shape index (κ3) is 4.23. The van der Waals surface area contributed by atoms with Gasteiger partial charge in [0.2, 0.25) is 0 Å². The maximum Gasteiger partial charge on any atom is 0.146 e. The molecule has 6 aromatic rings. The monoisotopic (exact) mass is 523 g/mol. The molecule has 0 saturated heterocycles. The SMILES string of the molecule is [B]C([B])(c1cc(-c2cccc3c2oc2c(-c4cccc(-c5ccccc5)c4)c(F)ccc23)ncc1F)C(C)(C)C. The van der Waals surface area contributed by atoms with Gasteiger partial charge in [0, 0.05) is 16.3 Å². The fourth-order valence-electron chi connectivity index (χ4n) is 5.10. The Morgan fingerprint density at radius 3 is 2.10 bits per heavy atom. The van der Waals surface area contributed by atoms with Crippen LogP contribution >= 0.6 is 0 Å². The molecule has 0 aliphatic rings. The second-order valence-electron chi connectivity index (χ2n) is 11.2. The minimum Gasteiger partial charge on any atom is -0.455 e. The smallest absolute Gasteiger partial charge is 0.146 e. The summed E-state index contributed by atoms with van der Waals surface area (Å²) in [6.45, 7) is 5.57. The van der Waals surface area contributed by atoms with Crippen LogP contribution < -0.4 is 0 Å². The quantitative estimate of drug-likeness (QED) is 0.216. The van der Waals surface area contributed by atoms with Crippen LogP contribution in [0.2, 0.25) is 0 Å². The molecule has 0 amide bonds. The number of aromatic nitrogens is 1. The molecular formula is C34H25B2F2NO. The number of para-hydroxylation sites is 1. The van der Waals surface area contributed by atoms with Gasteiger partial charge in [0.1, 0.15) is 22.8 Å². The van der Waals surface area contributed by atoms with Crippen LogP contribution in [0.4, 0.5) is 8.78 Å². The number of nitrogens with zero attached hydrogens (tertiary/aromatic N) is 1. The fraction of sp³-hybridized carbons (Fsp3) is 0.147. The molecule has 0 aliphatic carbocycles. The average molecular weight is 523 g/mol. The normalized spacial score (nSPS) is 12.3. The molecule has 2 aromatic heterocycles. The molecule has 2 heterocycles. The number of hydrogen-bond acceptors (Lipinski definition) is 2. The summed E-state index contributed by atoms with van der Waals surface area (Å²) in [6.07, 6.45) is 1.13. The Kier molecular flexibility index (Phi) is 6.18. The van der Waals surface area contributed by atoms with E-state index in [0.29, 0.717) is 33.6 Å². The summed E-state index contributed by atoms with van der Waals surface area (Å²) in [5, 5.41) is 0.113. The highest BCUT2D eigenvalue weighted by Gasteiger charge is 2.36. The third-order valence-corrected chi connectivity index (χ3v) is 7.69. The van der Waals surface area contributed by atoms with Gasteiger partial charge in [0.25, 0.3) is 0 Å². The highest BCUT2D eigenvalue weighted by atomic mass is 19.1. The van der Waals surface area contributed by atoms with Crippen LogP contribution in [-0.4, -0.2) is 20.7 Å². The van der Waals surface area contributed by atoms with Crippen molar-refractivity contribution in [3.8, 4) is 33.5 Å². The lowest BCUT2D eigenvalue weighted by molar-refractivity contribution is 0.349. The second kappa shape index (κ2) is 9.48. The maximum atomic E-state index is 15.5. The van der Waals surface area contributed by atoms with Gasteiger partial charge >= 0.3 is 0 Å². The number of fused-ring (bicyclic) bond motifs is 3. The molecule has 0 aliphatic heterocycles. The topological polar surface area (TPSA) is 26.0 Å². The lowest BCUT2D eigenvalue weighted by Crippen LogP contribution is -2.42. The standard InChI is InChI=1S/C34H25B2F2NO/c1-33(2,3)34(35,36)26-18-29(39-19-28(26)38)25-14-8-13-23-24-15-16-27(37)30(32(24)40-31(23)25)22-12-7-11-21(17-22)20-9-5-4-6-10-20/h4-19H,1-3H3. The number of furan rings is 1. The highest BCUT2D eigenvalue weighted by Crippen LogP contribution is 2.43. The number of benzene rings is 4. The van der Waals surface area contributed by atoms with Gasteiger partial charge in [0.05, 0.1) is 33.1 Å². The second-order valence-corrected chi connectivity index (χ2v) is 11.2. The summed E-state index contributed by atoms with van der Waals surface area (Å²) in [5.74, 6) is -0.968. The molecule has 6 heteroatoms. The zero-order chi connectivity index (χ0) is 28.2. The summed E-state index contributed by atoms with van der Waals surface area (Å²) in [7, 11) is 12.9. The molecule has 0 unspecified atom stereocenters. The van der Waals surface area contributed by atoms with Gasteiger partial charge in [-0.05, 0) is 58.0 Å². The Hall–Kier alpha value is -4.18. The van der Waals surface area contributed by atoms with E-state index in [1.54, 1.807) is 12.1 Å². The van der Waals surface area contributed by atoms with Gasteiger partial charge in [-0.15, -0.1) is 0 Å². The molecule has 0 N–H and O–H groups in total. The fourth-order valence-corrected chi connectivity index (χ4v) is 5.10. The molecule has 192 valence electrons. The average Bonchev–Trinajstić information content (AvgIpc) is 3.32. The largest absolute Gasteiger partial charge is 0.455 e. The van der Waals surface area contributed by atoms with E-state index in [2.05, 4.69) is 4.98 Å². The minimum atomic E-state index is -1.45. The van der Waals surface area contributed by atoms with Gasteiger partial charge in [-0.1, -0.05) is 86.6 Å². The predicted octanol–water partition coefficient (Wildman–Crippen LogP) is 8.80. The van der Waals surface area contributed by atoms with Crippen molar-refractivity contribution in [2.45, 2.75) is 26.0 Å². The van der Waals surface area contributed by atoms with Crippen molar-refractivity contribution >= 4 is 37.6 Å². The molecule has 0 fully saturated rings. The van der Waals surface area contributed by atoms with Crippen LogP contribution in [0, 0.1) is 17.0 Å². The summed E-state index contributed by atoms with van der Waals surface area (Å²) in [5.41, 5.74) is 4.65. The number of rotatable bonds is 4. The van der Waals surface area contributed by atoms with Crippen molar-refractivity contribution in [3.05, 3.63) is 114 Å². The molecule has 4 radical (unpaired) electrons. The van der Waals surface area contributed by atoms with Gasteiger partial charge in [-0.2, -0.15) is 0 Å². The van der Waals surface area contributed by atoms with Crippen molar-refractivity contribution in [1.82, 2.24) is 4.98 Å². The van der Waals surface area contributed by atoms with E-state index in [-0.39, 0.29) is 11.4 Å². The van der Waals surface area contributed by atoms with Crippen LogP contribution in [0.25, 0.3) is 55.4 Å². The highest BCUT2D eigenvalue weighted by molar-refractivity contribution is 6.40. The summed E-state index contributed by atoms with van der Waals surface area (Å²) < 4.78 is 36.9. The summed E-state index contributed by atoms with van der Waals surface area (Å²) in [4.78, 5) is 4.35. The Labute approximate surface area is 234 Å². The molecule has 40 heavy (non-hydrogen) atoms. The number of halogens is 2. The Morgan fingerprint density at radius 2 is 1.35 bits per heavy atom. The van der Waals surface area contributed by atoms with Gasteiger partial charge in [0.15, 0.2) is 0 Å². The van der Waals surface area contributed by atoms with Crippen molar-refractivity contribution in [2.75, 3.05) is 0 Å². The van der Waals surface area contributed by atoms with Gasteiger partial charge in [-0.25, -0.2) is 8.78 Å². The summed E-state index contributed by atoms with van der Waals surface area (Å²) >= 11 is 0. The van der Waals surface area contributed by atoms with Crippen LogP contribution in [-0.2, 0) is 5.21 Å². The van der Waals surface area contributed by atoms with Crippen LogP contribution in [0.3, 0.4) is 0 Å². The molecule has 0 atom stereocenters. The van der Waals surface area contributed by atoms with E-state index >= 15 is 4.39 Å². The van der Waals surface area contributed by atoms with Gasteiger partial charge < -0.3 is 4.42 Å². The van der Waals surface area contributed by atoms with Crippen molar-refractivity contribution in [2.24, 2.45) is 5.41 Å². The summed E-state index contributed by atoms with van der Waals surface area (Å²) in [6, 6.07) is 28.1. The first-order valence-corrected chi connectivity index (χ1v) is 13.1.